The summed E-state index contributed by atoms with van der Waals surface area (Å²) in [6, 6.07) is 3.98. The van der Waals surface area contributed by atoms with Gasteiger partial charge in [-0.05, 0) is 32.4 Å². The van der Waals surface area contributed by atoms with Crippen LogP contribution in [-0.2, 0) is 29.0 Å². The normalized spacial score (nSPS) is 17.9. The van der Waals surface area contributed by atoms with Crippen molar-refractivity contribution in [1.29, 1.82) is 0 Å². The summed E-state index contributed by atoms with van der Waals surface area (Å²) in [5.74, 6) is 1.64. The summed E-state index contributed by atoms with van der Waals surface area (Å²) in [5, 5.41) is 5.47. The Morgan fingerprint density at radius 1 is 1.45 bits per heavy atom. The molecule has 8 heteroatoms. The van der Waals surface area contributed by atoms with Crippen LogP contribution in [-0.4, -0.2) is 36.1 Å². The Labute approximate surface area is 174 Å². The molecule has 2 amide bonds. The summed E-state index contributed by atoms with van der Waals surface area (Å²) < 4.78 is 11.6. The summed E-state index contributed by atoms with van der Waals surface area (Å²) in [7, 11) is 0. The Balaban J connectivity index is 1.38. The van der Waals surface area contributed by atoms with Crippen molar-refractivity contribution in [3.63, 3.8) is 0 Å². The number of carbonyl (C=O) groups excluding carboxylic acids is 2. The average Bonchev–Trinajstić information content (AvgIpc) is 3.39. The van der Waals surface area contributed by atoms with Gasteiger partial charge in [-0.15, -0.1) is 11.3 Å². The second-order valence-corrected chi connectivity index (χ2v) is 8.19. The number of fused-ring (bicyclic) bond motifs is 1. The van der Waals surface area contributed by atoms with E-state index in [1.54, 1.807) is 4.90 Å². The van der Waals surface area contributed by atoms with E-state index >= 15 is 0 Å². The number of rotatable bonds is 7. The highest BCUT2D eigenvalue weighted by Crippen LogP contribution is 2.35. The maximum absolute atomic E-state index is 12.4. The number of hydrogen-bond donors (Lipinski definition) is 1. The quantitative estimate of drug-likeness (QED) is 0.752. The van der Waals surface area contributed by atoms with Crippen LogP contribution in [0.15, 0.2) is 17.5 Å². The van der Waals surface area contributed by atoms with Crippen LogP contribution in [0.25, 0.3) is 0 Å². The molecule has 7 nitrogen and oxygen atoms in total. The lowest BCUT2D eigenvalue weighted by molar-refractivity contribution is -0.120. The van der Waals surface area contributed by atoms with Gasteiger partial charge in [0.1, 0.15) is 17.6 Å². The molecule has 0 aliphatic carbocycles. The molecule has 2 aliphatic rings. The minimum Gasteiger partial charge on any atom is -0.494 e. The minimum atomic E-state index is -0.119. The van der Waals surface area contributed by atoms with Gasteiger partial charge in [0, 0.05) is 42.4 Å². The molecule has 2 aromatic rings. The average molecular weight is 416 g/mol. The largest absolute Gasteiger partial charge is 0.494 e. The molecule has 1 saturated heterocycles. The van der Waals surface area contributed by atoms with E-state index in [1.807, 2.05) is 31.4 Å². The van der Waals surface area contributed by atoms with Crippen molar-refractivity contribution in [3.05, 3.63) is 34.3 Å². The molecule has 3 heterocycles. The molecule has 1 atom stereocenters. The van der Waals surface area contributed by atoms with Gasteiger partial charge >= 0.3 is 0 Å². The van der Waals surface area contributed by atoms with E-state index in [0.29, 0.717) is 36.9 Å². The number of nitrogens with zero attached hydrogens (tertiary/aromatic N) is 2. The van der Waals surface area contributed by atoms with Gasteiger partial charge in [0.05, 0.1) is 18.7 Å². The molecule has 0 saturated carbocycles. The van der Waals surface area contributed by atoms with Crippen molar-refractivity contribution in [3.8, 4) is 11.5 Å². The van der Waals surface area contributed by atoms with Crippen LogP contribution in [0.3, 0.4) is 0 Å². The monoisotopic (exact) mass is 415 g/mol. The number of ether oxygens (including phenoxy) is 2. The molecule has 0 spiro atoms. The molecule has 1 unspecified atom stereocenters. The molecule has 1 aromatic heterocycles. The van der Waals surface area contributed by atoms with Crippen molar-refractivity contribution in [1.82, 2.24) is 10.3 Å². The number of nitrogens with one attached hydrogen (secondary N) is 1. The summed E-state index contributed by atoms with van der Waals surface area (Å²) in [4.78, 5) is 30.4. The van der Waals surface area contributed by atoms with E-state index in [2.05, 4.69) is 10.3 Å². The lowest BCUT2D eigenvalue weighted by Gasteiger charge is -2.13. The standard InChI is InChI=1S/C21H25N3O4S/c1-3-27-17-8-14-7-13(2)28-18(14)9-15(17)11-22-19(25)10-16-12-29-21(23-16)24-6-4-5-20(24)26/h8-9,12-13H,3-7,10-11H2,1-2H3,(H,22,25). The van der Waals surface area contributed by atoms with Gasteiger partial charge in [-0.3, -0.25) is 14.5 Å². The molecule has 154 valence electrons. The van der Waals surface area contributed by atoms with E-state index in [9.17, 15) is 9.59 Å². The third kappa shape index (κ3) is 4.37. The summed E-state index contributed by atoms with van der Waals surface area (Å²) in [5.41, 5.74) is 2.72. The first-order chi connectivity index (χ1) is 14.0. The molecule has 1 aromatic carbocycles. The van der Waals surface area contributed by atoms with Crippen LogP contribution in [0.1, 0.15) is 43.5 Å². The van der Waals surface area contributed by atoms with Crippen LogP contribution in [0.4, 0.5) is 5.13 Å². The van der Waals surface area contributed by atoms with Gasteiger partial charge in [-0.1, -0.05) is 0 Å². The number of amides is 2. The fourth-order valence-electron chi connectivity index (χ4n) is 3.68. The predicted octanol–water partition coefficient (Wildman–Crippen LogP) is 2.85. The summed E-state index contributed by atoms with van der Waals surface area (Å²) in [6.45, 7) is 5.62. The zero-order valence-corrected chi connectivity index (χ0v) is 17.5. The van der Waals surface area contributed by atoms with Crippen molar-refractivity contribution < 1.29 is 19.1 Å². The molecule has 4 rings (SSSR count). The third-order valence-electron chi connectivity index (χ3n) is 5.04. The van der Waals surface area contributed by atoms with Crippen molar-refractivity contribution in [2.45, 2.75) is 52.2 Å². The Morgan fingerprint density at radius 2 is 2.31 bits per heavy atom. The Kier molecular flexibility index (Phi) is 5.71. The van der Waals surface area contributed by atoms with Crippen molar-refractivity contribution in [2.24, 2.45) is 0 Å². The first kappa shape index (κ1) is 19.7. The lowest BCUT2D eigenvalue weighted by atomic mass is 10.1. The predicted molar refractivity (Wildman–Crippen MR) is 111 cm³/mol. The highest BCUT2D eigenvalue weighted by Gasteiger charge is 2.25. The zero-order valence-electron chi connectivity index (χ0n) is 16.7. The zero-order chi connectivity index (χ0) is 20.4. The SMILES string of the molecule is CCOc1cc2c(cc1CNC(=O)Cc1csc(N3CCCC3=O)n1)OC(C)C2. The molecule has 29 heavy (non-hydrogen) atoms. The van der Waals surface area contributed by atoms with E-state index in [4.69, 9.17) is 9.47 Å². The molecule has 1 fully saturated rings. The van der Waals surface area contributed by atoms with Crippen molar-refractivity contribution >= 4 is 28.3 Å². The Bertz CT molecular complexity index is 927. The highest BCUT2D eigenvalue weighted by molar-refractivity contribution is 7.14. The van der Waals surface area contributed by atoms with E-state index < -0.39 is 0 Å². The molecule has 1 N–H and O–H groups in total. The molecule has 2 aliphatic heterocycles. The van der Waals surface area contributed by atoms with E-state index in [-0.39, 0.29) is 24.3 Å². The van der Waals surface area contributed by atoms with Gasteiger partial charge in [0.2, 0.25) is 11.8 Å². The second-order valence-electron chi connectivity index (χ2n) is 7.36. The van der Waals surface area contributed by atoms with Crippen LogP contribution in [0, 0.1) is 0 Å². The molecule has 0 radical (unpaired) electrons. The minimum absolute atomic E-state index is 0.104. The number of thiazole rings is 1. The van der Waals surface area contributed by atoms with Gasteiger partial charge in [0.25, 0.3) is 0 Å². The second kappa shape index (κ2) is 8.41. The maximum Gasteiger partial charge on any atom is 0.228 e. The molecular formula is C21H25N3O4S. The Hall–Kier alpha value is -2.61. The Morgan fingerprint density at radius 3 is 3.07 bits per heavy atom. The third-order valence-corrected chi connectivity index (χ3v) is 5.95. The first-order valence-electron chi connectivity index (χ1n) is 10.00. The van der Waals surface area contributed by atoms with Crippen LogP contribution >= 0.6 is 11.3 Å². The van der Waals surface area contributed by atoms with Gasteiger partial charge in [-0.25, -0.2) is 4.98 Å². The maximum atomic E-state index is 12.4. The fraction of sp³-hybridized carbons (Fsp3) is 0.476. The van der Waals surface area contributed by atoms with Gasteiger partial charge < -0.3 is 14.8 Å². The molecule has 0 bridgehead atoms. The number of hydrogen-bond acceptors (Lipinski definition) is 6. The van der Waals surface area contributed by atoms with Gasteiger partial charge in [-0.2, -0.15) is 0 Å². The number of carbonyl (C=O) groups is 2. The number of anilines is 1. The highest BCUT2D eigenvalue weighted by atomic mass is 32.1. The first-order valence-corrected chi connectivity index (χ1v) is 10.9. The van der Waals surface area contributed by atoms with Gasteiger partial charge in [0.15, 0.2) is 5.13 Å². The fourth-order valence-corrected chi connectivity index (χ4v) is 4.55. The number of benzene rings is 1. The topological polar surface area (TPSA) is 80.8 Å². The lowest BCUT2D eigenvalue weighted by Crippen LogP contribution is -2.25. The van der Waals surface area contributed by atoms with Crippen LogP contribution in [0.5, 0.6) is 11.5 Å². The van der Waals surface area contributed by atoms with E-state index in [0.717, 1.165) is 35.5 Å². The smallest absolute Gasteiger partial charge is 0.228 e. The van der Waals surface area contributed by atoms with Crippen LogP contribution in [0.2, 0.25) is 0 Å². The van der Waals surface area contributed by atoms with Crippen molar-refractivity contribution in [2.75, 3.05) is 18.1 Å². The summed E-state index contributed by atoms with van der Waals surface area (Å²) in [6.07, 6.45) is 2.64. The molecular weight excluding hydrogens is 390 g/mol. The van der Waals surface area contributed by atoms with Crippen LogP contribution < -0.4 is 19.7 Å². The number of aromatic nitrogens is 1. The summed E-state index contributed by atoms with van der Waals surface area (Å²) >= 11 is 1.41. The van der Waals surface area contributed by atoms with E-state index in [1.165, 1.54) is 11.3 Å².